The van der Waals surface area contributed by atoms with Crippen LogP contribution >= 0.6 is 0 Å². The average Bonchev–Trinajstić information content (AvgIpc) is 2.18. The molecule has 78 valence electrons. The van der Waals surface area contributed by atoms with Crippen LogP contribution in [0.2, 0.25) is 0 Å². The van der Waals surface area contributed by atoms with Crippen LogP contribution in [0.5, 0.6) is 0 Å². The van der Waals surface area contributed by atoms with Crippen molar-refractivity contribution in [3.8, 4) is 0 Å². The third kappa shape index (κ3) is 2.81. The van der Waals surface area contributed by atoms with Crippen LogP contribution < -0.4 is 5.32 Å². The Bertz CT molecular complexity index is 267. The van der Waals surface area contributed by atoms with Gasteiger partial charge in [-0.15, -0.1) is 0 Å². The largest absolute Gasteiger partial charge is 0.319 e. The van der Waals surface area contributed by atoms with Crippen molar-refractivity contribution in [1.82, 2.24) is 5.32 Å². The highest BCUT2D eigenvalue weighted by atomic mass is 19.1. The molecule has 0 spiro atoms. The minimum atomic E-state index is -0.0822. The van der Waals surface area contributed by atoms with Crippen LogP contribution in [-0.2, 0) is 0 Å². The molecule has 0 amide bonds. The van der Waals surface area contributed by atoms with Gasteiger partial charge < -0.3 is 5.32 Å². The molecule has 0 aromatic heterocycles. The number of halogens is 1. The third-order valence-corrected chi connectivity index (χ3v) is 2.43. The summed E-state index contributed by atoms with van der Waals surface area (Å²) in [7, 11) is 1.91. The molecular weight excluding hydrogens is 177 g/mol. The van der Waals surface area contributed by atoms with Crippen molar-refractivity contribution in [3.63, 3.8) is 0 Å². The van der Waals surface area contributed by atoms with Gasteiger partial charge in [-0.1, -0.05) is 31.5 Å². The van der Waals surface area contributed by atoms with Crippen molar-refractivity contribution in [2.24, 2.45) is 0 Å². The van der Waals surface area contributed by atoms with E-state index in [9.17, 15) is 4.39 Å². The standard InChI is InChI=1S/C12H18FN/c1-3-6-10(9-14-2)11-7-4-5-8-12(11)13/h4-5,7-8,10,14H,3,6,9H2,1-2H3. The Hall–Kier alpha value is -0.890. The molecule has 1 aromatic carbocycles. The van der Waals surface area contributed by atoms with Gasteiger partial charge in [-0.05, 0) is 31.0 Å². The van der Waals surface area contributed by atoms with E-state index in [0.29, 0.717) is 5.92 Å². The lowest BCUT2D eigenvalue weighted by molar-refractivity contribution is 0.531. The molecule has 14 heavy (non-hydrogen) atoms. The van der Waals surface area contributed by atoms with Crippen LogP contribution in [0.15, 0.2) is 24.3 Å². The van der Waals surface area contributed by atoms with Crippen molar-refractivity contribution in [2.45, 2.75) is 25.7 Å². The molecule has 0 aliphatic heterocycles. The van der Waals surface area contributed by atoms with E-state index >= 15 is 0 Å². The summed E-state index contributed by atoms with van der Waals surface area (Å²) in [5.74, 6) is 0.215. The molecule has 0 saturated carbocycles. The average molecular weight is 195 g/mol. The van der Waals surface area contributed by atoms with Gasteiger partial charge in [0.1, 0.15) is 5.82 Å². The number of hydrogen-bond acceptors (Lipinski definition) is 1. The lowest BCUT2D eigenvalue weighted by atomic mass is 9.94. The van der Waals surface area contributed by atoms with E-state index < -0.39 is 0 Å². The Labute approximate surface area is 85.3 Å². The van der Waals surface area contributed by atoms with Crippen molar-refractivity contribution in [2.75, 3.05) is 13.6 Å². The first-order valence-electron chi connectivity index (χ1n) is 5.18. The molecule has 1 rings (SSSR count). The van der Waals surface area contributed by atoms with Gasteiger partial charge in [-0.25, -0.2) is 4.39 Å². The van der Waals surface area contributed by atoms with Gasteiger partial charge in [0.05, 0.1) is 0 Å². The molecule has 0 aliphatic rings. The number of nitrogens with one attached hydrogen (secondary N) is 1. The summed E-state index contributed by atoms with van der Waals surface area (Å²) in [5, 5.41) is 3.11. The van der Waals surface area contributed by atoms with Gasteiger partial charge in [-0.3, -0.25) is 0 Å². The smallest absolute Gasteiger partial charge is 0.126 e. The fraction of sp³-hybridized carbons (Fsp3) is 0.500. The first-order chi connectivity index (χ1) is 6.79. The van der Waals surface area contributed by atoms with E-state index in [-0.39, 0.29) is 5.82 Å². The normalized spacial score (nSPS) is 12.8. The predicted octanol–water partition coefficient (Wildman–Crippen LogP) is 2.93. The van der Waals surface area contributed by atoms with Crippen LogP contribution in [-0.4, -0.2) is 13.6 Å². The minimum Gasteiger partial charge on any atom is -0.319 e. The molecule has 0 bridgehead atoms. The van der Waals surface area contributed by atoms with Crippen LogP contribution in [0, 0.1) is 5.82 Å². The van der Waals surface area contributed by atoms with E-state index in [1.807, 2.05) is 19.2 Å². The Kier molecular flexibility index (Phi) is 4.60. The first-order valence-corrected chi connectivity index (χ1v) is 5.18. The fourth-order valence-corrected chi connectivity index (χ4v) is 1.77. The second-order valence-corrected chi connectivity index (χ2v) is 3.56. The zero-order valence-electron chi connectivity index (χ0n) is 8.89. The third-order valence-electron chi connectivity index (χ3n) is 2.43. The van der Waals surface area contributed by atoms with Crippen LogP contribution in [0.3, 0.4) is 0 Å². The lowest BCUT2D eigenvalue weighted by Crippen LogP contribution is -2.18. The summed E-state index contributed by atoms with van der Waals surface area (Å²) >= 11 is 0. The van der Waals surface area contributed by atoms with E-state index in [4.69, 9.17) is 0 Å². The van der Waals surface area contributed by atoms with Gasteiger partial charge in [0.2, 0.25) is 0 Å². The van der Waals surface area contributed by atoms with Crippen molar-refractivity contribution in [1.29, 1.82) is 0 Å². The van der Waals surface area contributed by atoms with E-state index in [0.717, 1.165) is 24.9 Å². The van der Waals surface area contributed by atoms with E-state index in [1.165, 1.54) is 6.07 Å². The molecule has 1 unspecified atom stereocenters. The van der Waals surface area contributed by atoms with Gasteiger partial charge >= 0.3 is 0 Å². The molecule has 1 aromatic rings. The van der Waals surface area contributed by atoms with Crippen molar-refractivity contribution in [3.05, 3.63) is 35.6 Å². The van der Waals surface area contributed by atoms with Crippen molar-refractivity contribution >= 4 is 0 Å². The molecule has 1 nitrogen and oxygen atoms in total. The maximum atomic E-state index is 13.5. The molecule has 1 atom stereocenters. The highest BCUT2D eigenvalue weighted by Gasteiger charge is 2.13. The van der Waals surface area contributed by atoms with Crippen LogP contribution in [0.25, 0.3) is 0 Å². The topological polar surface area (TPSA) is 12.0 Å². The summed E-state index contributed by atoms with van der Waals surface area (Å²) in [5.41, 5.74) is 0.837. The molecule has 0 heterocycles. The van der Waals surface area contributed by atoms with Gasteiger partial charge in [-0.2, -0.15) is 0 Å². The number of benzene rings is 1. The summed E-state index contributed by atoms with van der Waals surface area (Å²) < 4.78 is 13.5. The van der Waals surface area contributed by atoms with Gasteiger partial charge in [0, 0.05) is 6.54 Å². The first kappa shape index (κ1) is 11.2. The van der Waals surface area contributed by atoms with Crippen LogP contribution in [0.4, 0.5) is 4.39 Å². The fourth-order valence-electron chi connectivity index (χ4n) is 1.77. The molecule has 0 aliphatic carbocycles. The summed E-state index contributed by atoms with van der Waals surface area (Å²) in [4.78, 5) is 0. The summed E-state index contributed by atoms with van der Waals surface area (Å²) in [6, 6.07) is 7.05. The Balaban J connectivity index is 2.81. The number of hydrogen-bond donors (Lipinski definition) is 1. The summed E-state index contributed by atoms with van der Waals surface area (Å²) in [6.07, 6.45) is 2.11. The molecular formula is C12H18FN. The predicted molar refractivity (Wildman–Crippen MR) is 58.0 cm³/mol. The van der Waals surface area contributed by atoms with Gasteiger partial charge in [0.15, 0.2) is 0 Å². The number of rotatable bonds is 5. The second-order valence-electron chi connectivity index (χ2n) is 3.56. The van der Waals surface area contributed by atoms with Crippen molar-refractivity contribution < 1.29 is 4.39 Å². The number of likely N-dealkylation sites (N-methyl/N-ethyl adjacent to an activating group) is 1. The molecule has 0 saturated heterocycles. The Morgan fingerprint density at radius 2 is 2.07 bits per heavy atom. The lowest BCUT2D eigenvalue weighted by Gasteiger charge is -2.16. The van der Waals surface area contributed by atoms with Crippen LogP contribution in [0.1, 0.15) is 31.2 Å². The quantitative estimate of drug-likeness (QED) is 0.761. The zero-order valence-corrected chi connectivity index (χ0v) is 8.89. The molecule has 0 radical (unpaired) electrons. The van der Waals surface area contributed by atoms with Gasteiger partial charge in [0.25, 0.3) is 0 Å². The van der Waals surface area contributed by atoms with E-state index in [1.54, 1.807) is 6.07 Å². The monoisotopic (exact) mass is 195 g/mol. The highest BCUT2D eigenvalue weighted by molar-refractivity contribution is 5.22. The molecule has 0 fully saturated rings. The highest BCUT2D eigenvalue weighted by Crippen LogP contribution is 2.22. The maximum Gasteiger partial charge on any atom is 0.126 e. The molecule has 2 heteroatoms. The SMILES string of the molecule is CCCC(CNC)c1ccccc1F. The maximum absolute atomic E-state index is 13.5. The minimum absolute atomic E-state index is 0.0822. The van der Waals surface area contributed by atoms with E-state index in [2.05, 4.69) is 12.2 Å². The summed E-state index contributed by atoms with van der Waals surface area (Å²) in [6.45, 7) is 2.97. The Morgan fingerprint density at radius 3 is 2.64 bits per heavy atom. The molecule has 1 N–H and O–H groups in total. The second kappa shape index (κ2) is 5.76. The Morgan fingerprint density at radius 1 is 1.36 bits per heavy atom. The zero-order chi connectivity index (χ0) is 10.4.